The smallest absolute Gasteiger partial charge is 0.271 e. The number of non-ortho nitro benzene ring substituents is 1. The first kappa shape index (κ1) is 23.3. The minimum absolute atomic E-state index is 0.00979. The van der Waals surface area contributed by atoms with Crippen LogP contribution in [0.15, 0.2) is 46.0 Å². The minimum atomic E-state index is -0.694. The first-order chi connectivity index (χ1) is 15.8. The molecular weight excluding hydrogens is 444 g/mol. The summed E-state index contributed by atoms with van der Waals surface area (Å²) >= 11 is 1.02. The molecule has 1 amide bonds. The van der Waals surface area contributed by atoms with E-state index in [1.165, 1.54) is 18.4 Å². The van der Waals surface area contributed by atoms with E-state index in [0.717, 1.165) is 11.8 Å². The summed E-state index contributed by atoms with van der Waals surface area (Å²) in [5.41, 5.74) is 7.10. The van der Waals surface area contributed by atoms with Crippen molar-refractivity contribution >= 4 is 34.9 Å². The van der Waals surface area contributed by atoms with Gasteiger partial charge in [0.1, 0.15) is 34.3 Å². The van der Waals surface area contributed by atoms with Crippen molar-refractivity contribution in [1.29, 1.82) is 10.5 Å². The van der Waals surface area contributed by atoms with Crippen LogP contribution in [-0.2, 0) is 4.79 Å². The van der Waals surface area contributed by atoms with Crippen molar-refractivity contribution in [2.24, 2.45) is 0 Å². The molecule has 0 aliphatic carbocycles. The lowest BCUT2D eigenvalue weighted by molar-refractivity contribution is -0.384. The maximum absolute atomic E-state index is 13.0. The summed E-state index contributed by atoms with van der Waals surface area (Å²) in [5.74, 6) is -0.224. The molecule has 0 aliphatic rings. The maximum atomic E-state index is 13.0. The van der Waals surface area contributed by atoms with Gasteiger partial charge in [-0.3, -0.25) is 14.9 Å². The first-order valence-electron chi connectivity index (χ1n) is 9.70. The summed E-state index contributed by atoms with van der Waals surface area (Å²) in [6, 6.07) is 11.4. The molecule has 0 saturated heterocycles. The second kappa shape index (κ2) is 9.85. The molecule has 1 atom stereocenters. The lowest BCUT2D eigenvalue weighted by atomic mass is 10.0. The number of nitrogens with zero attached hydrogens (tertiary/aromatic N) is 4. The largest absolute Gasteiger partial charge is 0.464 e. The summed E-state index contributed by atoms with van der Waals surface area (Å²) in [4.78, 5) is 27.7. The molecule has 0 spiro atoms. The highest BCUT2D eigenvalue weighted by Gasteiger charge is 2.27. The molecule has 11 heteroatoms. The van der Waals surface area contributed by atoms with Gasteiger partial charge in [0.15, 0.2) is 0 Å². The van der Waals surface area contributed by atoms with Crippen LogP contribution < -0.4 is 11.1 Å². The number of nitro benzene ring substituents is 1. The average Bonchev–Trinajstić information content (AvgIpc) is 3.32. The third-order valence-corrected chi connectivity index (χ3v) is 6.14. The fourth-order valence-corrected chi connectivity index (χ4v) is 4.10. The predicted molar refractivity (Wildman–Crippen MR) is 122 cm³/mol. The Morgan fingerprint density at radius 1 is 1.33 bits per heavy atom. The second-order valence-corrected chi connectivity index (χ2v) is 8.08. The van der Waals surface area contributed by atoms with Crippen molar-refractivity contribution in [3.63, 3.8) is 0 Å². The van der Waals surface area contributed by atoms with Gasteiger partial charge in [0.25, 0.3) is 5.69 Å². The number of nitrogens with one attached hydrogen (secondary N) is 1. The molecule has 3 rings (SSSR count). The molecular formula is C22H18N6O4S. The van der Waals surface area contributed by atoms with Crippen LogP contribution in [0.3, 0.4) is 0 Å². The van der Waals surface area contributed by atoms with E-state index < -0.39 is 16.1 Å². The number of carbonyl (C=O) groups excluding carboxylic acids is 1. The van der Waals surface area contributed by atoms with E-state index in [1.54, 1.807) is 32.0 Å². The van der Waals surface area contributed by atoms with E-state index in [2.05, 4.69) is 10.3 Å². The highest BCUT2D eigenvalue weighted by atomic mass is 32.2. The quantitative estimate of drug-likeness (QED) is 0.293. The Kier molecular flexibility index (Phi) is 6.96. The normalized spacial score (nSPS) is 11.3. The van der Waals surface area contributed by atoms with Crippen LogP contribution in [0, 0.1) is 39.7 Å². The Balaban J connectivity index is 1.97. The number of thioether (sulfide) groups is 1. The average molecular weight is 462 g/mol. The number of aromatic nitrogens is 1. The fourth-order valence-electron chi connectivity index (χ4n) is 3.08. The molecule has 166 valence electrons. The molecule has 33 heavy (non-hydrogen) atoms. The van der Waals surface area contributed by atoms with Crippen LogP contribution in [0.2, 0.25) is 0 Å². The molecule has 10 nitrogen and oxygen atoms in total. The number of nitrogen functional groups attached to an aromatic ring is 1. The fraction of sp³-hybridized carbons (Fsp3) is 0.182. The Bertz CT molecular complexity index is 1310. The van der Waals surface area contributed by atoms with Gasteiger partial charge < -0.3 is 15.5 Å². The number of hydrogen-bond donors (Lipinski definition) is 2. The van der Waals surface area contributed by atoms with Crippen molar-refractivity contribution in [2.45, 2.75) is 30.5 Å². The number of rotatable bonds is 7. The lowest BCUT2D eigenvalue weighted by Gasteiger charge is -2.17. The van der Waals surface area contributed by atoms with Gasteiger partial charge in [0.05, 0.1) is 33.3 Å². The summed E-state index contributed by atoms with van der Waals surface area (Å²) in [5, 5.41) is 32.6. The van der Waals surface area contributed by atoms with Crippen molar-refractivity contribution in [3.05, 3.63) is 63.4 Å². The zero-order chi connectivity index (χ0) is 24.1. The number of nitrogens with two attached hydrogens (primary N) is 1. The van der Waals surface area contributed by atoms with Crippen LogP contribution in [0.4, 0.5) is 17.2 Å². The van der Waals surface area contributed by atoms with Gasteiger partial charge in [0, 0.05) is 12.1 Å². The molecule has 0 aliphatic heterocycles. The van der Waals surface area contributed by atoms with Gasteiger partial charge in [-0.15, -0.1) is 0 Å². The molecule has 0 saturated carbocycles. The van der Waals surface area contributed by atoms with Gasteiger partial charge in [-0.05, 0) is 31.0 Å². The van der Waals surface area contributed by atoms with Gasteiger partial charge in [-0.1, -0.05) is 24.8 Å². The van der Waals surface area contributed by atoms with E-state index in [0.29, 0.717) is 17.7 Å². The zero-order valence-corrected chi connectivity index (χ0v) is 18.5. The number of pyridine rings is 1. The topological polar surface area (TPSA) is 172 Å². The number of anilines is 2. The third-order valence-electron chi connectivity index (χ3n) is 4.79. The lowest BCUT2D eigenvalue weighted by Crippen LogP contribution is -2.25. The molecule has 0 radical (unpaired) electrons. The number of amides is 1. The number of furan rings is 1. The molecule has 1 unspecified atom stereocenters. The highest BCUT2D eigenvalue weighted by molar-refractivity contribution is 8.00. The van der Waals surface area contributed by atoms with Crippen LogP contribution in [0.1, 0.15) is 30.0 Å². The zero-order valence-electron chi connectivity index (χ0n) is 17.7. The Labute approximate surface area is 193 Å². The predicted octanol–water partition coefficient (Wildman–Crippen LogP) is 4.39. The number of nitriles is 2. The number of carbonyl (C=O) groups is 1. The van der Waals surface area contributed by atoms with E-state index in [1.807, 2.05) is 12.1 Å². The van der Waals surface area contributed by atoms with E-state index in [9.17, 15) is 25.4 Å². The van der Waals surface area contributed by atoms with Crippen LogP contribution in [-0.4, -0.2) is 21.1 Å². The van der Waals surface area contributed by atoms with Crippen molar-refractivity contribution in [3.8, 4) is 23.5 Å². The van der Waals surface area contributed by atoms with E-state index in [4.69, 9.17) is 10.2 Å². The summed E-state index contributed by atoms with van der Waals surface area (Å²) in [7, 11) is 0. The van der Waals surface area contributed by atoms with Gasteiger partial charge in [-0.25, -0.2) is 4.98 Å². The molecule has 2 aromatic heterocycles. The highest BCUT2D eigenvalue weighted by Crippen LogP contribution is 2.38. The van der Waals surface area contributed by atoms with Gasteiger partial charge in [-0.2, -0.15) is 10.5 Å². The third kappa shape index (κ3) is 4.79. The molecule has 3 aromatic rings. The van der Waals surface area contributed by atoms with Crippen LogP contribution in [0.25, 0.3) is 11.3 Å². The molecule has 0 fully saturated rings. The second-order valence-electron chi connectivity index (χ2n) is 6.89. The van der Waals surface area contributed by atoms with E-state index >= 15 is 0 Å². The Morgan fingerprint density at radius 3 is 2.64 bits per heavy atom. The van der Waals surface area contributed by atoms with Crippen LogP contribution >= 0.6 is 11.8 Å². The number of aryl methyl sites for hydroxylation is 1. The van der Waals surface area contributed by atoms with Crippen molar-refractivity contribution in [2.75, 3.05) is 11.1 Å². The van der Waals surface area contributed by atoms with E-state index in [-0.39, 0.29) is 39.0 Å². The Morgan fingerprint density at radius 2 is 2.06 bits per heavy atom. The van der Waals surface area contributed by atoms with Gasteiger partial charge >= 0.3 is 0 Å². The monoisotopic (exact) mass is 462 g/mol. The van der Waals surface area contributed by atoms with Gasteiger partial charge in [0.2, 0.25) is 5.91 Å². The summed E-state index contributed by atoms with van der Waals surface area (Å²) in [6.07, 6.45) is 1.78. The Hall–Kier alpha value is -4.35. The first-order valence-corrected chi connectivity index (χ1v) is 10.6. The minimum Gasteiger partial charge on any atom is -0.464 e. The molecule has 1 aromatic carbocycles. The standard InChI is InChI=1S/C22H18N6O4S/c1-3-18(21(29)26-16-9-13(28(30)31)7-6-12(16)2)33-22-15(11-24)19(17-5-4-8-32-17)14(10-23)20(25)27-22/h4-9,18H,3H2,1-2H3,(H2,25,27)(H,26,29). The molecule has 2 heterocycles. The number of benzene rings is 1. The number of hydrogen-bond acceptors (Lipinski definition) is 9. The van der Waals surface area contributed by atoms with Crippen molar-refractivity contribution in [1.82, 2.24) is 4.98 Å². The van der Waals surface area contributed by atoms with Crippen molar-refractivity contribution < 1.29 is 14.1 Å². The molecule has 0 bridgehead atoms. The summed E-state index contributed by atoms with van der Waals surface area (Å²) in [6.45, 7) is 3.50. The summed E-state index contributed by atoms with van der Waals surface area (Å²) < 4.78 is 5.39. The van der Waals surface area contributed by atoms with Crippen LogP contribution in [0.5, 0.6) is 0 Å². The number of nitro groups is 1. The maximum Gasteiger partial charge on any atom is 0.271 e. The SMILES string of the molecule is CCC(Sc1nc(N)c(C#N)c(-c2ccco2)c1C#N)C(=O)Nc1cc([N+](=O)[O-])ccc1C. The molecule has 3 N–H and O–H groups in total.